The van der Waals surface area contributed by atoms with Gasteiger partial charge in [0.2, 0.25) is 19.4 Å². The van der Waals surface area contributed by atoms with E-state index in [0.29, 0.717) is 5.56 Å². The zero-order valence-electron chi connectivity index (χ0n) is 14.0. The van der Waals surface area contributed by atoms with Gasteiger partial charge in [0, 0.05) is 24.8 Å². The Kier molecular flexibility index (Phi) is 4.80. The summed E-state index contributed by atoms with van der Waals surface area (Å²) in [5.41, 5.74) is 1.71. The average molecular weight is 456 g/mol. The highest BCUT2D eigenvalue weighted by Gasteiger charge is 2.38. The molecule has 0 saturated heterocycles. The molecule has 8 nitrogen and oxygen atoms in total. The Bertz CT molecular complexity index is 1030. The Morgan fingerprint density at radius 1 is 1.35 bits per heavy atom. The summed E-state index contributed by atoms with van der Waals surface area (Å²) < 4.78 is 24.0. The third-order valence-electron chi connectivity index (χ3n) is 3.52. The van der Waals surface area contributed by atoms with Crippen molar-refractivity contribution in [3.05, 3.63) is 33.8 Å². The summed E-state index contributed by atoms with van der Waals surface area (Å²) in [4.78, 5) is 18.1. The molecule has 136 valence electrons. The van der Waals surface area contributed by atoms with E-state index in [-0.39, 0.29) is 21.0 Å². The second kappa shape index (κ2) is 6.63. The van der Waals surface area contributed by atoms with E-state index < -0.39 is 15.7 Å². The Balaban J connectivity index is 1.99. The van der Waals surface area contributed by atoms with Crippen molar-refractivity contribution < 1.29 is 13.2 Å². The predicted octanol–water partition coefficient (Wildman–Crippen LogP) is 2.14. The number of thioether (sulfide) groups is 1. The third kappa shape index (κ3) is 3.46. The lowest BCUT2D eigenvalue weighted by molar-refractivity contribution is -0.114. The van der Waals surface area contributed by atoms with Crippen molar-refractivity contribution in [2.75, 3.05) is 25.3 Å². The molecule has 0 spiro atoms. The van der Waals surface area contributed by atoms with E-state index in [2.05, 4.69) is 26.0 Å². The molecule has 0 fully saturated rings. The van der Waals surface area contributed by atoms with Crippen LogP contribution in [0.5, 0.6) is 0 Å². The Morgan fingerprint density at radius 3 is 2.62 bits per heavy atom. The molecule has 0 saturated carbocycles. The summed E-state index contributed by atoms with van der Waals surface area (Å²) >= 11 is 4.24. The molecule has 2 aliphatic heterocycles. The number of carbonyl (C=O) groups excluding carboxylic acids is 1. The number of nitrogens with zero attached hydrogens (tertiary/aromatic N) is 4. The smallest absolute Gasteiger partial charge is 0.283 e. The number of benzene rings is 1. The number of anilines is 1. The molecule has 0 aromatic heterocycles. The van der Waals surface area contributed by atoms with E-state index in [1.165, 1.54) is 6.08 Å². The summed E-state index contributed by atoms with van der Waals surface area (Å²) in [6.45, 7) is 0. The first kappa shape index (κ1) is 18.8. The van der Waals surface area contributed by atoms with Crippen LogP contribution in [-0.2, 0) is 14.6 Å². The number of rotatable bonds is 2. The van der Waals surface area contributed by atoms with Gasteiger partial charge in [-0.3, -0.25) is 10.2 Å². The monoisotopic (exact) mass is 455 g/mol. The van der Waals surface area contributed by atoms with Gasteiger partial charge in [-0.2, -0.15) is 10.0 Å². The molecular formula is C15H14BrN5O3S2. The molecule has 0 unspecified atom stereocenters. The molecule has 0 bridgehead atoms. The van der Waals surface area contributed by atoms with Gasteiger partial charge in [0.05, 0.1) is 11.3 Å². The summed E-state index contributed by atoms with van der Waals surface area (Å²) in [6, 6.07) is 5.52. The summed E-state index contributed by atoms with van der Waals surface area (Å²) in [5.74, 6) is -0.814. The van der Waals surface area contributed by atoms with Crippen LogP contribution in [0.2, 0.25) is 0 Å². The Hall–Kier alpha value is -1.98. The molecule has 26 heavy (non-hydrogen) atoms. The second-order valence-corrected chi connectivity index (χ2v) is 9.76. The van der Waals surface area contributed by atoms with Gasteiger partial charge in [-0.25, -0.2) is 8.42 Å². The standard InChI is InChI=1S/C15H14BrN5O3S2/c1-20(2)11-5-4-8(7-10(11)16)6-9-12(17)21-14(18-13(9)22)25-15(19-21)26(3,23)24/h4-7,17H,1-3H3/b9-6+,17-12?. The fraction of sp³-hybridized carbons (Fsp3) is 0.200. The number of hydrogen-bond acceptors (Lipinski definition) is 7. The van der Waals surface area contributed by atoms with Crippen molar-refractivity contribution >= 4 is 70.6 Å². The molecule has 1 aromatic rings. The highest BCUT2D eigenvalue weighted by Crippen LogP contribution is 2.31. The average Bonchev–Trinajstić information content (AvgIpc) is 2.95. The van der Waals surface area contributed by atoms with E-state index in [0.717, 1.165) is 33.2 Å². The number of sulfone groups is 1. The van der Waals surface area contributed by atoms with Crippen molar-refractivity contribution in [3.63, 3.8) is 0 Å². The fourth-order valence-electron chi connectivity index (χ4n) is 2.27. The Morgan fingerprint density at radius 2 is 2.04 bits per heavy atom. The molecule has 11 heteroatoms. The van der Waals surface area contributed by atoms with Crippen molar-refractivity contribution in [2.45, 2.75) is 0 Å². The molecule has 0 radical (unpaired) electrons. The van der Waals surface area contributed by atoms with Gasteiger partial charge in [-0.05, 0) is 51.5 Å². The zero-order valence-corrected chi connectivity index (χ0v) is 17.2. The van der Waals surface area contributed by atoms with Crippen molar-refractivity contribution in [1.82, 2.24) is 5.01 Å². The molecule has 1 amide bonds. The van der Waals surface area contributed by atoms with Crippen LogP contribution in [0.25, 0.3) is 6.08 Å². The van der Waals surface area contributed by atoms with Gasteiger partial charge in [0.25, 0.3) is 5.91 Å². The first-order valence-electron chi connectivity index (χ1n) is 7.25. The molecule has 3 rings (SSSR count). The fourth-order valence-corrected chi connectivity index (χ4v) is 4.70. The normalized spacial score (nSPS) is 18.8. The van der Waals surface area contributed by atoms with Crippen LogP contribution in [0.4, 0.5) is 5.69 Å². The van der Waals surface area contributed by atoms with E-state index >= 15 is 0 Å². The molecule has 2 aliphatic rings. The summed E-state index contributed by atoms with van der Waals surface area (Å²) in [7, 11) is 0.283. The van der Waals surface area contributed by atoms with Crippen LogP contribution < -0.4 is 4.90 Å². The number of nitrogens with one attached hydrogen (secondary N) is 1. The number of fused-ring (bicyclic) bond motifs is 1. The van der Waals surface area contributed by atoms with E-state index in [9.17, 15) is 13.2 Å². The van der Waals surface area contributed by atoms with Gasteiger partial charge >= 0.3 is 0 Å². The molecule has 2 heterocycles. The molecular weight excluding hydrogens is 442 g/mol. The second-order valence-electron chi connectivity index (χ2n) is 5.76. The maximum absolute atomic E-state index is 12.3. The lowest BCUT2D eigenvalue weighted by Crippen LogP contribution is -2.35. The van der Waals surface area contributed by atoms with E-state index in [4.69, 9.17) is 5.41 Å². The lowest BCUT2D eigenvalue weighted by atomic mass is 10.1. The van der Waals surface area contributed by atoms with Gasteiger partial charge < -0.3 is 4.90 Å². The SMILES string of the molecule is CN(C)c1ccc(/C=C2\C(=N)N3N=C(S(C)(=O)=O)SC3=NC2=O)cc1Br. The third-order valence-corrected chi connectivity index (χ3v) is 6.73. The van der Waals surface area contributed by atoms with Crippen LogP contribution in [0.3, 0.4) is 0 Å². The number of aliphatic imine (C=N–C) groups is 1. The van der Waals surface area contributed by atoms with Crippen LogP contribution in [-0.4, -0.2) is 55.1 Å². The topological polar surface area (TPSA) is 106 Å². The van der Waals surface area contributed by atoms with Crippen molar-refractivity contribution in [2.24, 2.45) is 10.1 Å². The van der Waals surface area contributed by atoms with Gasteiger partial charge in [-0.1, -0.05) is 6.07 Å². The maximum Gasteiger partial charge on any atom is 0.283 e. The highest BCUT2D eigenvalue weighted by atomic mass is 79.9. The minimum Gasteiger partial charge on any atom is -0.377 e. The van der Waals surface area contributed by atoms with Gasteiger partial charge in [-0.15, -0.1) is 5.10 Å². The molecule has 1 aromatic carbocycles. The zero-order chi connectivity index (χ0) is 19.2. The summed E-state index contributed by atoms with van der Waals surface area (Å²) in [6.07, 6.45) is 2.55. The number of hydrazone groups is 1. The number of carbonyl (C=O) groups is 1. The van der Waals surface area contributed by atoms with Crippen molar-refractivity contribution in [3.8, 4) is 0 Å². The number of amides is 1. The predicted molar refractivity (Wildman–Crippen MR) is 108 cm³/mol. The largest absolute Gasteiger partial charge is 0.377 e. The van der Waals surface area contributed by atoms with Gasteiger partial charge in [0.15, 0.2) is 5.84 Å². The first-order valence-corrected chi connectivity index (χ1v) is 10.7. The minimum atomic E-state index is -3.54. The van der Waals surface area contributed by atoms with Crippen LogP contribution >= 0.6 is 27.7 Å². The lowest BCUT2D eigenvalue weighted by Gasteiger charge is -2.20. The highest BCUT2D eigenvalue weighted by molar-refractivity contribution is 9.10. The number of amidine groups is 2. The minimum absolute atomic E-state index is 0.0392. The number of hydrogen-bond donors (Lipinski definition) is 1. The van der Waals surface area contributed by atoms with Crippen molar-refractivity contribution in [1.29, 1.82) is 5.41 Å². The Labute approximate surface area is 163 Å². The summed E-state index contributed by atoms with van der Waals surface area (Å²) in [5, 5.41) is 13.3. The quantitative estimate of drug-likeness (QED) is 0.684. The maximum atomic E-state index is 12.3. The van der Waals surface area contributed by atoms with E-state index in [1.807, 2.05) is 37.2 Å². The van der Waals surface area contributed by atoms with Crippen LogP contribution in [0.1, 0.15) is 5.56 Å². The molecule has 0 atom stereocenters. The van der Waals surface area contributed by atoms with Crippen LogP contribution in [0.15, 0.2) is 38.3 Å². The van der Waals surface area contributed by atoms with Gasteiger partial charge in [0.1, 0.15) is 0 Å². The van der Waals surface area contributed by atoms with Crippen LogP contribution in [0, 0.1) is 5.41 Å². The molecule has 1 N–H and O–H groups in total. The first-order chi connectivity index (χ1) is 12.1. The van der Waals surface area contributed by atoms with E-state index in [1.54, 1.807) is 0 Å². The molecule has 0 aliphatic carbocycles. The number of halogens is 1.